The van der Waals surface area contributed by atoms with Crippen LogP contribution in [0.15, 0.2) is 47.6 Å². The molecule has 0 spiro atoms. The summed E-state index contributed by atoms with van der Waals surface area (Å²) in [7, 11) is 5.85. The average molecular weight is 812 g/mol. The molecule has 17 heteroatoms. The van der Waals surface area contributed by atoms with Gasteiger partial charge in [-0.1, -0.05) is 35.9 Å². The number of nitrogens with one attached hydrogen (secondary N) is 2. The van der Waals surface area contributed by atoms with E-state index in [1.165, 1.54) is 47.9 Å². The fourth-order valence-electron chi connectivity index (χ4n) is 7.61. The molecule has 300 valence electrons. The van der Waals surface area contributed by atoms with E-state index < -0.39 is 83.1 Å². The zero-order valence-corrected chi connectivity index (χ0v) is 32.9. The first-order valence-corrected chi connectivity index (χ1v) is 20.6. The first-order chi connectivity index (χ1) is 26.9. The lowest BCUT2D eigenvalue weighted by molar-refractivity contribution is -0.281. The molecule has 4 aliphatic rings. The number of aliphatic hydroxyl groups is 1. The lowest BCUT2D eigenvalue weighted by Crippen LogP contribution is -2.54. The largest absolute Gasteiger partial charge is 0.507 e. The summed E-state index contributed by atoms with van der Waals surface area (Å²) in [6, 6.07) is 10.1. The van der Waals surface area contributed by atoms with Crippen LogP contribution in [0.25, 0.3) is 0 Å². The number of phenols is 2. The van der Waals surface area contributed by atoms with Gasteiger partial charge < -0.3 is 49.1 Å². The van der Waals surface area contributed by atoms with Crippen molar-refractivity contribution in [3.05, 3.63) is 76.0 Å². The standard InChI is InChI=1S/C39H45N3O12S2/c1-19(55-56-26-10-5-6-13-40-26)18-42-38(47)39(48)16-22-29(35(46)31-30(33(22)44)32(43)21-8-7-9-24(49-3)28(21)34(31)45)25(17-39)53-27-12-11-23(20(2)52-27)54-36-37(50-4)51-15-14-41-36/h5-10,13,19-20,23,25,27,36-37,41,44,46,48H,11-12,14-18H2,1-4H3,(H,42,47)/t19?,20-,23-,25-,27-,36+,37-,39-/m0/s1. The van der Waals surface area contributed by atoms with Crippen molar-refractivity contribution in [2.24, 2.45) is 0 Å². The van der Waals surface area contributed by atoms with Crippen molar-refractivity contribution in [2.75, 3.05) is 33.9 Å². The second kappa shape index (κ2) is 17.0. The van der Waals surface area contributed by atoms with Crippen molar-refractivity contribution in [1.29, 1.82) is 0 Å². The monoisotopic (exact) mass is 811 g/mol. The summed E-state index contributed by atoms with van der Waals surface area (Å²) in [4.78, 5) is 46.3. The topological polar surface area (TPSA) is 204 Å². The Labute approximate surface area is 331 Å². The number of methoxy groups -OCH3 is 2. The van der Waals surface area contributed by atoms with E-state index in [9.17, 15) is 29.7 Å². The van der Waals surface area contributed by atoms with Crippen LogP contribution < -0.4 is 15.4 Å². The molecule has 0 radical (unpaired) electrons. The van der Waals surface area contributed by atoms with Gasteiger partial charge in [0, 0.05) is 67.6 Å². The Kier molecular flexibility index (Phi) is 12.3. The summed E-state index contributed by atoms with van der Waals surface area (Å²) in [6.07, 6.45) is -2.49. The van der Waals surface area contributed by atoms with Crippen molar-refractivity contribution in [3.63, 3.8) is 0 Å². The van der Waals surface area contributed by atoms with Crippen LogP contribution in [0.1, 0.15) is 82.2 Å². The number of carbonyl (C=O) groups excluding carboxylic acids is 3. The number of aromatic nitrogens is 1. The number of hydrogen-bond donors (Lipinski definition) is 5. The minimum absolute atomic E-state index is 0.0173. The molecule has 7 rings (SSSR count). The van der Waals surface area contributed by atoms with E-state index in [1.807, 2.05) is 32.0 Å². The Balaban J connectivity index is 1.17. The Morgan fingerprint density at radius 2 is 1.88 bits per heavy atom. The number of carbonyl (C=O) groups is 3. The fourth-order valence-corrected chi connectivity index (χ4v) is 9.56. The average Bonchev–Trinajstić information content (AvgIpc) is 3.20. The number of hydrogen-bond acceptors (Lipinski definition) is 16. The van der Waals surface area contributed by atoms with Crippen LogP contribution in [-0.2, 0) is 34.9 Å². The van der Waals surface area contributed by atoms with Gasteiger partial charge in [-0.05, 0) is 42.3 Å². The van der Waals surface area contributed by atoms with E-state index >= 15 is 0 Å². The van der Waals surface area contributed by atoms with Crippen molar-refractivity contribution >= 4 is 39.1 Å². The normalized spacial score (nSPS) is 27.8. The highest BCUT2D eigenvalue weighted by Gasteiger charge is 2.50. The molecular weight excluding hydrogens is 767 g/mol. The number of ether oxygens (including phenoxy) is 6. The molecule has 2 fully saturated rings. The van der Waals surface area contributed by atoms with E-state index in [0.717, 1.165) is 5.03 Å². The maximum atomic E-state index is 14.1. The van der Waals surface area contributed by atoms with E-state index in [1.54, 1.807) is 12.3 Å². The smallest absolute Gasteiger partial charge is 0.252 e. The lowest BCUT2D eigenvalue weighted by atomic mass is 9.72. The van der Waals surface area contributed by atoms with Crippen LogP contribution in [0, 0.1) is 0 Å². The van der Waals surface area contributed by atoms with Crippen molar-refractivity contribution in [1.82, 2.24) is 15.6 Å². The van der Waals surface area contributed by atoms with Crippen LogP contribution >= 0.6 is 21.6 Å². The highest BCUT2D eigenvalue weighted by molar-refractivity contribution is 8.76. The van der Waals surface area contributed by atoms with Crippen molar-refractivity contribution in [3.8, 4) is 17.2 Å². The number of phenolic OH excluding ortho intramolecular Hbond substituents is 2. The molecule has 1 unspecified atom stereocenters. The summed E-state index contributed by atoms with van der Waals surface area (Å²) in [5.74, 6) is -3.28. The third-order valence-electron chi connectivity index (χ3n) is 10.4. The van der Waals surface area contributed by atoms with Crippen molar-refractivity contribution < 1.29 is 58.1 Å². The van der Waals surface area contributed by atoms with E-state index in [0.29, 0.717) is 26.0 Å². The van der Waals surface area contributed by atoms with E-state index in [-0.39, 0.29) is 52.3 Å². The fraction of sp³-hybridized carbons (Fsp3) is 0.487. The number of ketones is 2. The van der Waals surface area contributed by atoms with Gasteiger partial charge in [0.15, 0.2) is 24.6 Å². The van der Waals surface area contributed by atoms with Gasteiger partial charge >= 0.3 is 0 Å². The molecule has 56 heavy (non-hydrogen) atoms. The molecule has 2 aliphatic carbocycles. The summed E-state index contributed by atoms with van der Waals surface area (Å²) in [5, 5.41) is 42.7. The summed E-state index contributed by atoms with van der Waals surface area (Å²) in [6.45, 7) is 5.00. The maximum Gasteiger partial charge on any atom is 0.252 e. The van der Waals surface area contributed by atoms with Gasteiger partial charge in [0.1, 0.15) is 27.9 Å². The third-order valence-corrected chi connectivity index (χ3v) is 13.2. The highest BCUT2D eigenvalue weighted by Crippen LogP contribution is 2.52. The number of pyridine rings is 1. The predicted molar refractivity (Wildman–Crippen MR) is 204 cm³/mol. The lowest BCUT2D eigenvalue weighted by Gasteiger charge is -2.42. The van der Waals surface area contributed by atoms with Crippen LogP contribution in [-0.4, -0.2) is 114 Å². The SMILES string of the molecule is COc1cccc2c1C(=O)c1c(O)c3c(c(O)c1C2=O)C[C@@](O)(C(=O)NCC(C)SSc1ccccn1)C[C@@H]3O[C@H]1CC[C@H](O[C@H]2NCCO[C@@H]2OC)[C@H](C)O1. The Morgan fingerprint density at radius 1 is 1.07 bits per heavy atom. The molecule has 0 bridgehead atoms. The number of rotatable bonds is 12. The van der Waals surface area contributed by atoms with E-state index in [2.05, 4.69) is 15.6 Å². The zero-order valence-electron chi connectivity index (χ0n) is 31.3. The third kappa shape index (κ3) is 7.88. The molecule has 0 saturated carbocycles. The molecule has 15 nitrogen and oxygen atoms in total. The van der Waals surface area contributed by atoms with Crippen LogP contribution in [0.4, 0.5) is 0 Å². The minimum atomic E-state index is -2.16. The molecule has 3 aromatic rings. The zero-order chi connectivity index (χ0) is 39.7. The first-order valence-electron chi connectivity index (χ1n) is 18.4. The molecular formula is C39H45N3O12S2. The van der Waals surface area contributed by atoms with E-state index in [4.69, 9.17) is 28.4 Å². The van der Waals surface area contributed by atoms with Gasteiger partial charge in [-0.3, -0.25) is 19.7 Å². The van der Waals surface area contributed by atoms with Gasteiger partial charge in [0.2, 0.25) is 5.78 Å². The van der Waals surface area contributed by atoms with Gasteiger partial charge in [0.25, 0.3) is 5.91 Å². The second-order valence-electron chi connectivity index (χ2n) is 14.2. The van der Waals surface area contributed by atoms with Gasteiger partial charge in [-0.2, -0.15) is 0 Å². The number of benzene rings is 2. The van der Waals surface area contributed by atoms with Crippen LogP contribution in [0.3, 0.4) is 0 Å². The number of nitrogens with zero attached hydrogens (tertiary/aromatic N) is 1. The Morgan fingerprint density at radius 3 is 2.61 bits per heavy atom. The second-order valence-corrected chi connectivity index (χ2v) is 16.8. The molecule has 2 saturated heterocycles. The van der Waals surface area contributed by atoms with Gasteiger partial charge in [0.05, 0.1) is 48.7 Å². The Hall–Kier alpha value is -3.78. The minimum Gasteiger partial charge on any atom is -0.507 e. The predicted octanol–water partition coefficient (Wildman–Crippen LogP) is 3.79. The molecule has 3 heterocycles. The van der Waals surface area contributed by atoms with Crippen LogP contribution in [0.2, 0.25) is 0 Å². The molecule has 2 aliphatic heterocycles. The number of aromatic hydroxyl groups is 2. The van der Waals surface area contributed by atoms with Crippen molar-refractivity contribution in [2.45, 2.75) is 92.5 Å². The molecule has 5 N–H and O–H groups in total. The summed E-state index contributed by atoms with van der Waals surface area (Å²) in [5.41, 5.74) is -3.18. The number of fused-ring (bicyclic) bond motifs is 3. The van der Waals surface area contributed by atoms with Crippen LogP contribution in [0.5, 0.6) is 17.2 Å². The molecule has 2 aromatic carbocycles. The highest BCUT2D eigenvalue weighted by atomic mass is 33.1. The number of amides is 1. The Bertz CT molecular complexity index is 1970. The van der Waals surface area contributed by atoms with Gasteiger partial charge in [-0.15, -0.1) is 0 Å². The summed E-state index contributed by atoms with van der Waals surface area (Å²) < 4.78 is 35.5. The number of morpholine rings is 1. The summed E-state index contributed by atoms with van der Waals surface area (Å²) >= 11 is 0. The quantitative estimate of drug-likeness (QED) is 0.102. The molecule has 1 aromatic heterocycles. The molecule has 8 atom stereocenters. The first kappa shape index (κ1) is 40.4. The van der Waals surface area contributed by atoms with Gasteiger partial charge in [-0.25, -0.2) is 4.98 Å². The maximum absolute atomic E-state index is 14.1. The molecule has 1 amide bonds.